The highest BCUT2D eigenvalue weighted by Crippen LogP contribution is 2.33. The van der Waals surface area contributed by atoms with Crippen LogP contribution < -0.4 is 20.3 Å². The standard InChI is InChI=1S/C20H18F3N7O2/c1-32-17-10-16(26-11-27-17)29-19(31)30-8-2-6-24-14-4-3-13(28-18(14)30)12-5-7-25-15(9-12)20(21,22)23/h3-5,7,9-11,24H,2,6,8H2,1H3,(H,26,27,29,31). The number of fused-ring (bicyclic) bond motifs is 1. The molecule has 1 aliphatic rings. The highest BCUT2D eigenvalue weighted by atomic mass is 19.4. The van der Waals surface area contributed by atoms with Crippen molar-refractivity contribution < 1.29 is 22.7 Å². The van der Waals surface area contributed by atoms with E-state index in [1.54, 1.807) is 12.1 Å². The van der Waals surface area contributed by atoms with E-state index in [1.165, 1.54) is 30.5 Å². The van der Waals surface area contributed by atoms with Gasteiger partial charge in [-0.1, -0.05) is 0 Å². The topological polar surface area (TPSA) is 105 Å². The van der Waals surface area contributed by atoms with Gasteiger partial charge in [0.1, 0.15) is 17.8 Å². The number of aromatic nitrogens is 4. The Balaban J connectivity index is 1.67. The van der Waals surface area contributed by atoms with Crippen LogP contribution in [0.4, 0.5) is 35.3 Å². The molecular weight excluding hydrogens is 427 g/mol. The Bertz CT molecular complexity index is 1140. The van der Waals surface area contributed by atoms with E-state index < -0.39 is 17.9 Å². The number of rotatable bonds is 3. The maximum Gasteiger partial charge on any atom is 0.433 e. The normalized spacial score (nSPS) is 13.6. The lowest BCUT2D eigenvalue weighted by Gasteiger charge is -2.22. The van der Waals surface area contributed by atoms with Crippen LogP contribution in [0.1, 0.15) is 12.1 Å². The van der Waals surface area contributed by atoms with E-state index in [9.17, 15) is 18.0 Å². The molecule has 0 saturated carbocycles. The number of carbonyl (C=O) groups is 1. The molecular formula is C20H18F3N7O2. The van der Waals surface area contributed by atoms with Crippen molar-refractivity contribution in [2.75, 3.05) is 35.7 Å². The molecule has 0 fully saturated rings. The minimum Gasteiger partial charge on any atom is -0.481 e. The number of ether oxygens (including phenoxy) is 1. The molecule has 0 aromatic carbocycles. The number of halogens is 3. The Morgan fingerprint density at radius 1 is 1.19 bits per heavy atom. The summed E-state index contributed by atoms with van der Waals surface area (Å²) >= 11 is 0. The second kappa shape index (κ2) is 8.65. The van der Waals surface area contributed by atoms with Gasteiger partial charge in [0.2, 0.25) is 5.88 Å². The number of pyridine rings is 2. The van der Waals surface area contributed by atoms with Crippen molar-refractivity contribution in [2.24, 2.45) is 0 Å². The zero-order chi connectivity index (χ0) is 22.7. The second-order valence-electron chi connectivity index (χ2n) is 6.80. The molecule has 4 rings (SSSR count). The number of amides is 2. The summed E-state index contributed by atoms with van der Waals surface area (Å²) in [5, 5.41) is 5.86. The number of anilines is 3. The van der Waals surface area contributed by atoms with Gasteiger partial charge in [0, 0.05) is 30.9 Å². The largest absolute Gasteiger partial charge is 0.481 e. The summed E-state index contributed by atoms with van der Waals surface area (Å²) in [5.74, 6) is 0.816. The molecule has 2 N–H and O–H groups in total. The molecule has 0 radical (unpaired) electrons. The molecule has 0 atom stereocenters. The van der Waals surface area contributed by atoms with Crippen LogP contribution in [0.15, 0.2) is 42.9 Å². The summed E-state index contributed by atoms with van der Waals surface area (Å²) < 4.78 is 44.2. The van der Waals surface area contributed by atoms with Crippen LogP contribution in [0.2, 0.25) is 0 Å². The summed E-state index contributed by atoms with van der Waals surface area (Å²) in [6, 6.07) is 6.62. The maximum absolute atomic E-state index is 13.1. The fraction of sp³-hybridized carbons (Fsp3) is 0.250. The predicted octanol–water partition coefficient (Wildman–Crippen LogP) is 3.82. The van der Waals surface area contributed by atoms with Crippen LogP contribution in [-0.2, 0) is 6.18 Å². The first-order valence-electron chi connectivity index (χ1n) is 9.58. The van der Waals surface area contributed by atoms with Crippen molar-refractivity contribution in [2.45, 2.75) is 12.6 Å². The van der Waals surface area contributed by atoms with Gasteiger partial charge in [-0.25, -0.2) is 19.7 Å². The van der Waals surface area contributed by atoms with Crippen molar-refractivity contribution in [1.82, 2.24) is 19.9 Å². The van der Waals surface area contributed by atoms with Crippen LogP contribution in [0, 0.1) is 0 Å². The molecule has 3 aromatic heterocycles. The van der Waals surface area contributed by atoms with Gasteiger partial charge in [-0.15, -0.1) is 0 Å². The number of alkyl halides is 3. The SMILES string of the molecule is COc1cc(NC(=O)N2CCCNc3ccc(-c4ccnc(C(F)(F)F)c4)nc32)ncn1. The van der Waals surface area contributed by atoms with Gasteiger partial charge in [-0.05, 0) is 30.7 Å². The minimum atomic E-state index is -4.58. The van der Waals surface area contributed by atoms with Gasteiger partial charge in [0.05, 0.1) is 18.5 Å². The molecule has 32 heavy (non-hydrogen) atoms. The first-order chi connectivity index (χ1) is 15.3. The lowest BCUT2D eigenvalue weighted by atomic mass is 10.1. The Morgan fingerprint density at radius 3 is 2.81 bits per heavy atom. The number of hydrogen-bond acceptors (Lipinski definition) is 7. The van der Waals surface area contributed by atoms with Gasteiger partial charge in [-0.2, -0.15) is 13.2 Å². The smallest absolute Gasteiger partial charge is 0.433 e. The number of methoxy groups -OCH3 is 1. The van der Waals surface area contributed by atoms with Crippen molar-refractivity contribution in [1.29, 1.82) is 0 Å². The fourth-order valence-electron chi connectivity index (χ4n) is 3.16. The molecule has 0 saturated heterocycles. The predicted molar refractivity (Wildman–Crippen MR) is 111 cm³/mol. The monoisotopic (exact) mass is 445 g/mol. The van der Waals surface area contributed by atoms with E-state index in [-0.39, 0.29) is 23.0 Å². The lowest BCUT2D eigenvalue weighted by molar-refractivity contribution is -0.141. The Kier molecular flexibility index (Phi) is 5.75. The number of urea groups is 1. The fourth-order valence-corrected chi connectivity index (χ4v) is 3.16. The van der Waals surface area contributed by atoms with Gasteiger partial charge in [0.15, 0.2) is 5.82 Å². The first-order valence-corrected chi connectivity index (χ1v) is 9.58. The van der Waals surface area contributed by atoms with Crippen LogP contribution >= 0.6 is 0 Å². The zero-order valence-corrected chi connectivity index (χ0v) is 16.8. The highest BCUT2D eigenvalue weighted by Gasteiger charge is 2.32. The number of hydrogen-bond donors (Lipinski definition) is 2. The summed E-state index contributed by atoms with van der Waals surface area (Å²) in [4.78, 5) is 30.2. The summed E-state index contributed by atoms with van der Waals surface area (Å²) in [7, 11) is 1.44. The molecule has 4 heterocycles. The molecule has 1 aliphatic heterocycles. The average Bonchev–Trinajstić information content (AvgIpc) is 3.01. The molecule has 2 amide bonds. The molecule has 3 aromatic rings. The zero-order valence-electron chi connectivity index (χ0n) is 16.8. The van der Waals surface area contributed by atoms with E-state index in [2.05, 4.69) is 30.6 Å². The van der Waals surface area contributed by atoms with Crippen molar-refractivity contribution in [3.05, 3.63) is 48.5 Å². The summed E-state index contributed by atoms with van der Waals surface area (Å²) in [6.07, 6.45) is -1.60. The number of carbonyl (C=O) groups excluding carboxylic acids is 1. The van der Waals surface area contributed by atoms with Gasteiger partial charge < -0.3 is 10.1 Å². The average molecular weight is 445 g/mol. The van der Waals surface area contributed by atoms with Crippen LogP contribution in [0.25, 0.3) is 11.3 Å². The molecule has 166 valence electrons. The first kappa shape index (κ1) is 21.3. The van der Waals surface area contributed by atoms with E-state index in [1.807, 2.05) is 0 Å². The van der Waals surface area contributed by atoms with Crippen LogP contribution in [0.5, 0.6) is 5.88 Å². The summed E-state index contributed by atoms with van der Waals surface area (Å²) in [6.45, 7) is 0.946. The van der Waals surface area contributed by atoms with E-state index in [0.29, 0.717) is 31.0 Å². The molecule has 0 bridgehead atoms. The van der Waals surface area contributed by atoms with Crippen LogP contribution in [0.3, 0.4) is 0 Å². The van der Waals surface area contributed by atoms with Crippen LogP contribution in [-0.4, -0.2) is 46.2 Å². The third-order valence-corrected chi connectivity index (χ3v) is 4.68. The highest BCUT2D eigenvalue weighted by molar-refractivity contribution is 6.02. The van der Waals surface area contributed by atoms with E-state index >= 15 is 0 Å². The summed E-state index contributed by atoms with van der Waals surface area (Å²) in [5.41, 5.74) is 0.0890. The third-order valence-electron chi connectivity index (χ3n) is 4.68. The number of nitrogens with zero attached hydrogens (tertiary/aromatic N) is 5. The second-order valence-corrected chi connectivity index (χ2v) is 6.80. The molecule has 0 unspecified atom stereocenters. The third kappa shape index (κ3) is 4.53. The van der Waals surface area contributed by atoms with Crippen molar-refractivity contribution in [3.8, 4) is 17.1 Å². The Labute approximate surface area is 180 Å². The number of nitrogens with one attached hydrogen (secondary N) is 2. The molecule has 0 spiro atoms. The Hall–Kier alpha value is -3.96. The van der Waals surface area contributed by atoms with Gasteiger partial charge >= 0.3 is 12.2 Å². The minimum absolute atomic E-state index is 0.236. The van der Waals surface area contributed by atoms with E-state index in [4.69, 9.17) is 4.74 Å². The molecule has 9 nitrogen and oxygen atoms in total. The van der Waals surface area contributed by atoms with Crippen molar-refractivity contribution in [3.63, 3.8) is 0 Å². The molecule has 12 heteroatoms. The lowest BCUT2D eigenvalue weighted by Crippen LogP contribution is -2.36. The maximum atomic E-state index is 13.1. The molecule has 0 aliphatic carbocycles. The van der Waals surface area contributed by atoms with Gasteiger partial charge in [-0.3, -0.25) is 15.2 Å². The van der Waals surface area contributed by atoms with Crippen molar-refractivity contribution >= 4 is 23.4 Å². The Morgan fingerprint density at radius 2 is 2.03 bits per heavy atom. The van der Waals surface area contributed by atoms with E-state index in [0.717, 1.165) is 12.3 Å². The van der Waals surface area contributed by atoms with Gasteiger partial charge in [0.25, 0.3) is 0 Å². The quantitative estimate of drug-likeness (QED) is 0.632.